The van der Waals surface area contributed by atoms with Crippen LogP contribution in [0.25, 0.3) is 0 Å². The van der Waals surface area contributed by atoms with Crippen LogP contribution in [0.4, 0.5) is 27.6 Å². The summed E-state index contributed by atoms with van der Waals surface area (Å²) >= 11 is 0. The first-order valence-electron chi connectivity index (χ1n) is 5.74. The van der Waals surface area contributed by atoms with E-state index in [9.17, 15) is 31.5 Å². The standard InChI is InChI=1S/C12H9F5N2O2/c13-11(14,12(15,16)17)10(21)19-5-7-3-1-2-4-8(7)18-9(20)6-19/h1-4H,5-6H2,(H,18,20). The summed E-state index contributed by atoms with van der Waals surface area (Å²) in [5.74, 6) is -8.82. The highest BCUT2D eigenvalue weighted by atomic mass is 19.4. The number of halogens is 5. The van der Waals surface area contributed by atoms with E-state index >= 15 is 0 Å². The second-order valence-corrected chi connectivity index (χ2v) is 4.44. The molecule has 1 aliphatic rings. The average molecular weight is 308 g/mol. The number of rotatable bonds is 1. The maximum Gasteiger partial charge on any atom is 0.463 e. The molecule has 4 nitrogen and oxygen atoms in total. The van der Waals surface area contributed by atoms with Crippen molar-refractivity contribution in [3.63, 3.8) is 0 Å². The molecule has 0 radical (unpaired) electrons. The number of hydrogen-bond acceptors (Lipinski definition) is 2. The Morgan fingerprint density at radius 3 is 2.33 bits per heavy atom. The molecule has 1 aromatic rings. The Balaban J connectivity index is 2.33. The maximum atomic E-state index is 13.1. The number of alkyl halides is 5. The molecule has 0 fully saturated rings. The Morgan fingerprint density at radius 1 is 1.10 bits per heavy atom. The average Bonchev–Trinajstić information content (AvgIpc) is 2.54. The van der Waals surface area contributed by atoms with Crippen LogP contribution in [0.5, 0.6) is 0 Å². The molecular formula is C12H9F5N2O2. The van der Waals surface area contributed by atoms with E-state index in [0.717, 1.165) is 0 Å². The largest absolute Gasteiger partial charge is 0.463 e. The first-order valence-corrected chi connectivity index (χ1v) is 5.74. The third-order valence-electron chi connectivity index (χ3n) is 2.90. The third kappa shape index (κ3) is 2.81. The number of para-hydroxylation sites is 1. The van der Waals surface area contributed by atoms with Gasteiger partial charge >= 0.3 is 18.0 Å². The van der Waals surface area contributed by atoms with Crippen molar-refractivity contribution in [2.24, 2.45) is 0 Å². The second kappa shape index (κ2) is 4.97. The predicted octanol–water partition coefficient (Wildman–Crippen LogP) is 2.16. The van der Waals surface area contributed by atoms with Crippen LogP contribution >= 0.6 is 0 Å². The summed E-state index contributed by atoms with van der Waals surface area (Å²) in [6, 6.07) is 5.96. The van der Waals surface area contributed by atoms with Crippen LogP contribution in [0.15, 0.2) is 24.3 Å². The van der Waals surface area contributed by atoms with Crippen molar-refractivity contribution >= 4 is 17.5 Å². The highest BCUT2D eigenvalue weighted by Crippen LogP contribution is 2.37. The van der Waals surface area contributed by atoms with Crippen molar-refractivity contribution in [2.45, 2.75) is 18.6 Å². The van der Waals surface area contributed by atoms with E-state index in [1.807, 2.05) is 0 Å². The molecule has 1 aromatic carbocycles. The molecule has 0 saturated carbocycles. The summed E-state index contributed by atoms with van der Waals surface area (Å²) in [5, 5.41) is 2.34. The molecule has 9 heteroatoms. The van der Waals surface area contributed by atoms with Crippen LogP contribution < -0.4 is 5.32 Å². The zero-order chi connectivity index (χ0) is 15.8. The van der Waals surface area contributed by atoms with Crippen molar-refractivity contribution in [3.8, 4) is 0 Å². The molecule has 0 aromatic heterocycles. The van der Waals surface area contributed by atoms with Gasteiger partial charge in [-0.2, -0.15) is 22.0 Å². The number of amides is 2. The number of hydrogen-bond donors (Lipinski definition) is 1. The molecule has 0 bridgehead atoms. The lowest BCUT2D eigenvalue weighted by atomic mass is 10.1. The zero-order valence-electron chi connectivity index (χ0n) is 10.4. The molecule has 0 saturated heterocycles. The number of nitrogens with zero attached hydrogens (tertiary/aromatic N) is 1. The van der Waals surface area contributed by atoms with Crippen molar-refractivity contribution in [3.05, 3.63) is 29.8 Å². The summed E-state index contributed by atoms with van der Waals surface area (Å²) in [6.45, 7) is -1.39. The van der Waals surface area contributed by atoms with Gasteiger partial charge in [-0.15, -0.1) is 0 Å². The molecule has 2 rings (SSSR count). The van der Waals surface area contributed by atoms with Gasteiger partial charge < -0.3 is 10.2 Å². The Bertz CT molecular complexity index is 585. The summed E-state index contributed by atoms with van der Waals surface area (Å²) < 4.78 is 62.9. The fourth-order valence-corrected chi connectivity index (χ4v) is 1.87. The van der Waals surface area contributed by atoms with Crippen LogP contribution in [0, 0.1) is 0 Å². The SMILES string of the molecule is O=C1CN(C(=O)C(F)(F)C(F)(F)F)Cc2ccccc2N1. The fraction of sp³-hybridized carbons (Fsp3) is 0.333. The summed E-state index contributed by atoms with van der Waals surface area (Å²) in [7, 11) is 0. The van der Waals surface area contributed by atoms with Gasteiger partial charge in [0.2, 0.25) is 5.91 Å². The minimum absolute atomic E-state index is 0.189. The van der Waals surface area contributed by atoms with E-state index in [-0.39, 0.29) is 16.2 Å². The first-order chi connectivity index (χ1) is 9.63. The van der Waals surface area contributed by atoms with E-state index in [0.29, 0.717) is 0 Å². The Hall–Kier alpha value is -2.19. The minimum Gasteiger partial charge on any atom is -0.324 e. The third-order valence-corrected chi connectivity index (χ3v) is 2.90. The second-order valence-electron chi connectivity index (χ2n) is 4.44. The number of anilines is 1. The van der Waals surface area contributed by atoms with Gasteiger partial charge in [0.25, 0.3) is 0 Å². The van der Waals surface area contributed by atoms with E-state index in [2.05, 4.69) is 5.32 Å². The van der Waals surface area contributed by atoms with Gasteiger partial charge in [-0.25, -0.2) is 0 Å². The van der Waals surface area contributed by atoms with Crippen LogP contribution in [0.1, 0.15) is 5.56 Å². The zero-order valence-corrected chi connectivity index (χ0v) is 10.4. The highest BCUT2D eigenvalue weighted by Gasteiger charge is 2.64. The molecule has 1 heterocycles. The molecule has 21 heavy (non-hydrogen) atoms. The monoisotopic (exact) mass is 308 g/mol. The topological polar surface area (TPSA) is 49.4 Å². The van der Waals surface area contributed by atoms with E-state index < -0.39 is 37.0 Å². The normalized spacial score (nSPS) is 16.0. The van der Waals surface area contributed by atoms with Gasteiger partial charge in [-0.1, -0.05) is 18.2 Å². The number of nitrogens with one attached hydrogen (secondary N) is 1. The van der Waals surface area contributed by atoms with E-state index in [1.165, 1.54) is 18.2 Å². The molecule has 0 unspecified atom stereocenters. The smallest absolute Gasteiger partial charge is 0.324 e. The number of carbonyl (C=O) groups excluding carboxylic acids is 2. The summed E-state index contributed by atoms with van der Waals surface area (Å²) in [4.78, 5) is 23.1. The molecule has 1 N–H and O–H groups in total. The highest BCUT2D eigenvalue weighted by molar-refractivity contribution is 5.97. The molecule has 0 aliphatic carbocycles. The predicted molar refractivity (Wildman–Crippen MR) is 61.5 cm³/mol. The Kier molecular flexibility index (Phi) is 3.60. The van der Waals surface area contributed by atoms with Crippen molar-refractivity contribution in [2.75, 3.05) is 11.9 Å². The lowest BCUT2D eigenvalue weighted by molar-refractivity contribution is -0.274. The van der Waals surface area contributed by atoms with E-state index in [1.54, 1.807) is 6.07 Å². The van der Waals surface area contributed by atoms with Gasteiger partial charge in [-0.05, 0) is 11.6 Å². The number of carbonyl (C=O) groups is 2. The molecule has 2 amide bonds. The lowest BCUT2D eigenvalue weighted by Gasteiger charge is -2.26. The van der Waals surface area contributed by atoms with E-state index in [4.69, 9.17) is 0 Å². The quantitative estimate of drug-likeness (QED) is 0.808. The van der Waals surface area contributed by atoms with Gasteiger partial charge in [0.05, 0.1) is 0 Å². The van der Waals surface area contributed by atoms with Crippen LogP contribution in [-0.4, -0.2) is 35.4 Å². The Labute approximate surface area is 115 Å². The van der Waals surface area contributed by atoms with Crippen LogP contribution in [0.2, 0.25) is 0 Å². The maximum absolute atomic E-state index is 13.1. The Morgan fingerprint density at radius 2 is 1.71 bits per heavy atom. The molecule has 0 spiro atoms. The van der Waals surface area contributed by atoms with Crippen molar-refractivity contribution < 1.29 is 31.5 Å². The molecular weight excluding hydrogens is 299 g/mol. The lowest BCUT2D eigenvalue weighted by Crippen LogP contribution is -2.52. The minimum atomic E-state index is -6.01. The number of benzene rings is 1. The van der Waals surface area contributed by atoms with Crippen LogP contribution in [-0.2, 0) is 16.1 Å². The summed E-state index contributed by atoms with van der Waals surface area (Å²) in [5.41, 5.74) is 0.544. The number of fused-ring (bicyclic) bond motifs is 1. The molecule has 1 aliphatic heterocycles. The van der Waals surface area contributed by atoms with Gasteiger partial charge in [0.1, 0.15) is 6.54 Å². The van der Waals surface area contributed by atoms with Crippen LogP contribution in [0.3, 0.4) is 0 Å². The fourth-order valence-electron chi connectivity index (χ4n) is 1.87. The molecule has 0 atom stereocenters. The summed E-state index contributed by atoms with van der Waals surface area (Å²) in [6.07, 6.45) is -6.01. The van der Waals surface area contributed by atoms with Crippen molar-refractivity contribution in [1.29, 1.82) is 0 Å². The first kappa shape index (κ1) is 15.2. The van der Waals surface area contributed by atoms with Gasteiger partial charge in [0, 0.05) is 12.2 Å². The molecule has 114 valence electrons. The van der Waals surface area contributed by atoms with Gasteiger partial charge in [-0.3, -0.25) is 9.59 Å². The van der Waals surface area contributed by atoms with Gasteiger partial charge in [0.15, 0.2) is 0 Å². The van der Waals surface area contributed by atoms with Crippen molar-refractivity contribution in [1.82, 2.24) is 4.90 Å².